The molecule has 1 aromatic heterocycles. The van der Waals surface area contributed by atoms with Crippen molar-refractivity contribution >= 4 is 7.60 Å². The van der Waals surface area contributed by atoms with Crippen LogP contribution in [-0.4, -0.2) is 19.2 Å². The van der Waals surface area contributed by atoms with Crippen molar-refractivity contribution in [3.8, 4) is 0 Å². The van der Waals surface area contributed by atoms with Crippen LogP contribution in [0.25, 0.3) is 0 Å². The van der Waals surface area contributed by atoms with Crippen LogP contribution in [0.15, 0.2) is 24.4 Å². The molecule has 0 saturated heterocycles. The highest BCUT2D eigenvalue weighted by Gasteiger charge is 2.21. The highest BCUT2D eigenvalue weighted by Crippen LogP contribution is 2.49. The zero-order chi connectivity index (χ0) is 9.73. The Bertz CT molecular complexity index is 294. The molecule has 0 radical (unpaired) electrons. The highest BCUT2D eigenvalue weighted by atomic mass is 31.2. The Labute approximate surface area is 77.4 Å². The molecule has 0 spiro atoms. The van der Waals surface area contributed by atoms with E-state index in [-0.39, 0.29) is 6.16 Å². The van der Waals surface area contributed by atoms with E-state index in [9.17, 15) is 4.57 Å². The monoisotopic (exact) mass is 201 g/mol. The molecule has 0 fully saturated rings. The van der Waals surface area contributed by atoms with Crippen LogP contribution in [0, 0.1) is 0 Å². The molecule has 1 rings (SSSR count). The van der Waals surface area contributed by atoms with Gasteiger partial charge in [-0.1, -0.05) is 6.07 Å². The summed E-state index contributed by atoms with van der Waals surface area (Å²) in [4.78, 5) is 4.03. The van der Waals surface area contributed by atoms with Crippen LogP contribution >= 0.6 is 7.60 Å². The fourth-order valence-corrected chi connectivity index (χ4v) is 1.88. The number of pyridine rings is 1. The zero-order valence-electron chi connectivity index (χ0n) is 7.64. The van der Waals surface area contributed by atoms with Crippen molar-refractivity contribution < 1.29 is 13.6 Å². The van der Waals surface area contributed by atoms with E-state index in [4.69, 9.17) is 9.05 Å². The molecule has 72 valence electrons. The molecule has 0 amide bonds. The maximum atomic E-state index is 11.6. The first-order chi connectivity index (χ1) is 6.20. The molecule has 0 aromatic carbocycles. The van der Waals surface area contributed by atoms with Gasteiger partial charge < -0.3 is 9.05 Å². The SMILES string of the molecule is COP(=O)(Cc1ccccn1)OC. The molecule has 13 heavy (non-hydrogen) atoms. The Balaban J connectivity index is 2.74. The Morgan fingerprint density at radius 3 is 2.54 bits per heavy atom. The third-order valence-electron chi connectivity index (χ3n) is 1.64. The average Bonchev–Trinajstić information content (AvgIpc) is 2.19. The Morgan fingerprint density at radius 1 is 1.38 bits per heavy atom. The molecule has 0 aliphatic rings. The van der Waals surface area contributed by atoms with Crippen LogP contribution in [-0.2, 0) is 19.8 Å². The van der Waals surface area contributed by atoms with E-state index in [0.29, 0.717) is 5.69 Å². The molecular weight excluding hydrogens is 189 g/mol. The van der Waals surface area contributed by atoms with Gasteiger partial charge in [0.1, 0.15) is 0 Å². The van der Waals surface area contributed by atoms with Crippen molar-refractivity contribution in [2.45, 2.75) is 6.16 Å². The largest absolute Gasteiger partial charge is 0.336 e. The topological polar surface area (TPSA) is 48.4 Å². The number of hydrogen-bond acceptors (Lipinski definition) is 4. The molecule has 0 bridgehead atoms. The standard InChI is InChI=1S/C8H12NO3P/c1-11-13(10,12-2)7-8-5-3-4-6-9-8/h3-6H,7H2,1-2H3. The zero-order valence-corrected chi connectivity index (χ0v) is 8.53. The van der Waals surface area contributed by atoms with Crippen LogP contribution in [0.4, 0.5) is 0 Å². The van der Waals surface area contributed by atoms with Gasteiger partial charge in [-0.25, -0.2) is 0 Å². The quantitative estimate of drug-likeness (QED) is 0.699. The van der Waals surface area contributed by atoms with Gasteiger partial charge >= 0.3 is 7.60 Å². The van der Waals surface area contributed by atoms with E-state index >= 15 is 0 Å². The first-order valence-electron chi connectivity index (χ1n) is 3.80. The van der Waals surface area contributed by atoms with Gasteiger partial charge in [0, 0.05) is 20.4 Å². The summed E-state index contributed by atoms with van der Waals surface area (Å²) in [7, 11) is -0.229. The van der Waals surface area contributed by atoms with Crippen molar-refractivity contribution in [1.29, 1.82) is 0 Å². The molecule has 4 nitrogen and oxygen atoms in total. The summed E-state index contributed by atoms with van der Waals surface area (Å²) in [5.74, 6) is 0. The van der Waals surface area contributed by atoms with Crippen molar-refractivity contribution in [3.63, 3.8) is 0 Å². The smallest absolute Gasteiger partial charge is 0.312 e. The van der Waals surface area contributed by atoms with Crippen molar-refractivity contribution in [2.75, 3.05) is 14.2 Å². The lowest BCUT2D eigenvalue weighted by Gasteiger charge is -2.12. The summed E-state index contributed by atoms with van der Waals surface area (Å²) >= 11 is 0. The van der Waals surface area contributed by atoms with E-state index < -0.39 is 7.60 Å². The fourth-order valence-electron chi connectivity index (χ4n) is 0.894. The fraction of sp³-hybridized carbons (Fsp3) is 0.375. The molecule has 0 saturated carbocycles. The minimum atomic E-state index is -2.97. The molecular formula is C8H12NO3P. The molecule has 1 heterocycles. The minimum Gasteiger partial charge on any atom is -0.312 e. The molecule has 0 atom stereocenters. The van der Waals surface area contributed by atoms with Gasteiger partial charge in [0.15, 0.2) is 0 Å². The first-order valence-corrected chi connectivity index (χ1v) is 5.53. The molecule has 5 heteroatoms. The van der Waals surface area contributed by atoms with Gasteiger partial charge in [0.25, 0.3) is 0 Å². The third-order valence-corrected chi connectivity index (χ3v) is 3.46. The summed E-state index contributed by atoms with van der Waals surface area (Å²) in [6, 6.07) is 5.41. The Kier molecular flexibility index (Phi) is 3.60. The second kappa shape index (κ2) is 4.51. The van der Waals surface area contributed by atoms with Gasteiger partial charge in [-0.05, 0) is 12.1 Å². The van der Waals surface area contributed by atoms with Gasteiger partial charge in [0.05, 0.1) is 11.9 Å². The summed E-state index contributed by atoms with van der Waals surface area (Å²) in [6.07, 6.45) is 1.85. The van der Waals surface area contributed by atoms with Crippen LogP contribution in [0.1, 0.15) is 5.69 Å². The van der Waals surface area contributed by atoms with E-state index in [2.05, 4.69) is 4.98 Å². The first kappa shape index (κ1) is 10.4. The van der Waals surface area contributed by atoms with Gasteiger partial charge in [-0.15, -0.1) is 0 Å². The lowest BCUT2D eigenvalue weighted by atomic mass is 10.4. The van der Waals surface area contributed by atoms with Crippen molar-refractivity contribution in [2.24, 2.45) is 0 Å². The normalized spacial score (nSPS) is 11.5. The van der Waals surface area contributed by atoms with Crippen molar-refractivity contribution in [3.05, 3.63) is 30.1 Å². The van der Waals surface area contributed by atoms with E-state index in [1.807, 2.05) is 6.07 Å². The highest BCUT2D eigenvalue weighted by molar-refractivity contribution is 7.52. The van der Waals surface area contributed by atoms with Gasteiger partial charge in [-0.2, -0.15) is 0 Å². The molecule has 0 aliphatic heterocycles. The number of hydrogen-bond donors (Lipinski definition) is 0. The number of rotatable bonds is 4. The molecule has 0 unspecified atom stereocenters. The lowest BCUT2D eigenvalue weighted by Crippen LogP contribution is -1.95. The molecule has 1 aromatic rings. The molecule has 0 aliphatic carbocycles. The summed E-state index contributed by atoms with van der Waals surface area (Å²) in [5.41, 5.74) is 0.703. The van der Waals surface area contributed by atoms with Crippen molar-refractivity contribution in [1.82, 2.24) is 4.98 Å². The van der Waals surface area contributed by atoms with E-state index in [1.165, 1.54) is 14.2 Å². The summed E-state index contributed by atoms with van der Waals surface area (Å²) in [5, 5.41) is 0. The second-order valence-corrected chi connectivity index (χ2v) is 4.72. The predicted molar refractivity (Wildman–Crippen MR) is 49.6 cm³/mol. The van der Waals surface area contributed by atoms with Gasteiger partial charge in [-0.3, -0.25) is 9.55 Å². The average molecular weight is 201 g/mol. The van der Waals surface area contributed by atoms with E-state index in [1.54, 1.807) is 18.3 Å². The number of nitrogens with zero attached hydrogens (tertiary/aromatic N) is 1. The van der Waals surface area contributed by atoms with Crippen LogP contribution in [0.3, 0.4) is 0 Å². The van der Waals surface area contributed by atoms with Crippen LogP contribution < -0.4 is 0 Å². The summed E-state index contributed by atoms with van der Waals surface area (Å²) < 4.78 is 21.2. The minimum absolute atomic E-state index is 0.209. The van der Waals surface area contributed by atoms with E-state index in [0.717, 1.165) is 0 Å². The predicted octanol–water partition coefficient (Wildman–Crippen LogP) is 2.07. The van der Waals surface area contributed by atoms with Gasteiger partial charge in [0.2, 0.25) is 0 Å². The summed E-state index contributed by atoms with van der Waals surface area (Å²) in [6.45, 7) is 0. The maximum Gasteiger partial charge on any atom is 0.336 e. The Hall–Kier alpha value is -0.700. The molecule has 0 N–H and O–H groups in total. The van der Waals surface area contributed by atoms with Crippen LogP contribution in [0.2, 0.25) is 0 Å². The second-order valence-electron chi connectivity index (χ2n) is 2.46. The van der Waals surface area contributed by atoms with Crippen LogP contribution in [0.5, 0.6) is 0 Å². The maximum absolute atomic E-state index is 11.6. The Morgan fingerprint density at radius 2 is 2.08 bits per heavy atom. The number of aromatic nitrogens is 1. The third kappa shape index (κ3) is 2.92. The lowest BCUT2D eigenvalue weighted by molar-refractivity contribution is 0.274.